The molecule has 0 unspecified atom stereocenters. The van der Waals surface area contributed by atoms with E-state index in [1.54, 1.807) is 0 Å². The summed E-state index contributed by atoms with van der Waals surface area (Å²) in [7, 11) is 0. The number of hydrogen-bond donors (Lipinski definition) is 1. The van der Waals surface area contributed by atoms with Gasteiger partial charge in [-0.3, -0.25) is 0 Å². The fraction of sp³-hybridized carbons (Fsp3) is 0.0769. The standard InChI is InChI=1S/C26H22N4S/c1-31-26-28-24(27)22-21(19-13-7-3-8-14-19)23(20-15-9-4-10-16-20)30(25(22)29-26)17-18-11-5-2-6-12-18/h2-16H,17H2,1H3,(H2,27,28,29). The van der Waals surface area contributed by atoms with Crippen molar-refractivity contribution in [3.63, 3.8) is 0 Å². The van der Waals surface area contributed by atoms with Gasteiger partial charge in [-0.2, -0.15) is 0 Å². The Bertz CT molecular complexity index is 1330. The minimum absolute atomic E-state index is 0.511. The third-order valence-corrected chi connectivity index (χ3v) is 5.93. The molecule has 0 saturated carbocycles. The quantitative estimate of drug-likeness (QED) is 0.274. The molecule has 0 spiro atoms. The summed E-state index contributed by atoms with van der Waals surface area (Å²) in [5, 5.41) is 1.58. The predicted octanol–water partition coefficient (Wildman–Crippen LogP) is 6.12. The number of hydrogen-bond acceptors (Lipinski definition) is 4. The molecule has 0 atom stereocenters. The maximum atomic E-state index is 6.55. The first-order chi connectivity index (χ1) is 15.3. The van der Waals surface area contributed by atoms with Crippen LogP contribution >= 0.6 is 11.8 Å². The molecule has 5 aromatic rings. The molecule has 0 aliphatic carbocycles. The van der Waals surface area contributed by atoms with Crippen LogP contribution in [0.15, 0.2) is 96.2 Å². The molecule has 0 fully saturated rings. The number of benzene rings is 3. The first-order valence-electron chi connectivity index (χ1n) is 10.1. The van der Waals surface area contributed by atoms with Crippen molar-refractivity contribution in [2.75, 3.05) is 12.0 Å². The molecule has 2 heterocycles. The van der Waals surface area contributed by atoms with E-state index < -0.39 is 0 Å². The van der Waals surface area contributed by atoms with Crippen molar-refractivity contribution >= 4 is 28.6 Å². The van der Waals surface area contributed by atoms with Gasteiger partial charge >= 0.3 is 0 Å². The van der Waals surface area contributed by atoms with Crippen molar-refractivity contribution in [1.29, 1.82) is 0 Å². The van der Waals surface area contributed by atoms with Crippen LogP contribution < -0.4 is 5.73 Å². The molecule has 3 aromatic carbocycles. The van der Waals surface area contributed by atoms with Crippen LogP contribution in [0, 0.1) is 0 Å². The van der Waals surface area contributed by atoms with E-state index in [1.807, 2.05) is 24.5 Å². The van der Waals surface area contributed by atoms with Crippen LogP contribution in [0.4, 0.5) is 5.82 Å². The molecule has 0 amide bonds. The molecule has 0 aliphatic heterocycles. The van der Waals surface area contributed by atoms with E-state index in [1.165, 1.54) is 17.3 Å². The van der Waals surface area contributed by atoms with E-state index in [2.05, 4.69) is 82.3 Å². The van der Waals surface area contributed by atoms with E-state index in [9.17, 15) is 0 Å². The zero-order chi connectivity index (χ0) is 21.2. The first-order valence-corrected chi connectivity index (χ1v) is 11.4. The summed E-state index contributed by atoms with van der Waals surface area (Å²) in [6.45, 7) is 0.693. The zero-order valence-electron chi connectivity index (χ0n) is 17.2. The molecule has 0 saturated heterocycles. The summed E-state index contributed by atoms with van der Waals surface area (Å²) in [6.07, 6.45) is 1.97. The van der Waals surface area contributed by atoms with E-state index in [0.717, 1.165) is 33.4 Å². The number of anilines is 1. The van der Waals surface area contributed by atoms with Gasteiger partial charge in [0.15, 0.2) is 5.16 Å². The maximum Gasteiger partial charge on any atom is 0.191 e. The fourth-order valence-electron chi connectivity index (χ4n) is 4.03. The number of fused-ring (bicyclic) bond motifs is 1. The topological polar surface area (TPSA) is 56.7 Å². The van der Waals surface area contributed by atoms with Gasteiger partial charge in [-0.15, -0.1) is 0 Å². The third kappa shape index (κ3) is 3.57. The number of nitrogens with two attached hydrogens (primary N) is 1. The first kappa shape index (κ1) is 19.4. The van der Waals surface area contributed by atoms with Crippen molar-refractivity contribution in [1.82, 2.24) is 14.5 Å². The van der Waals surface area contributed by atoms with Crippen LogP contribution in [-0.4, -0.2) is 20.8 Å². The number of thioether (sulfide) groups is 1. The highest BCUT2D eigenvalue weighted by Gasteiger charge is 2.24. The molecule has 152 valence electrons. The largest absolute Gasteiger partial charge is 0.383 e. The molecular weight excluding hydrogens is 400 g/mol. The average molecular weight is 423 g/mol. The van der Waals surface area contributed by atoms with Gasteiger partial charge in [0.1, 0.15) is 11.5 Å². The molecular formula is C26H22N4S. The Morgan fingerprint density at radius 1 is 0.774 bits per heavy atom. The summed E-state index contributed by atoms with van der Waals surface area (Å²) in [4.78, 5) is 9.50. The van der Waals surface area contributed by atoms with Crippen molar-refractivity contribution in [2.45, 2.75) is 11.7 Å². The van der Waals surface area contributed by atoms with Crippen LogP contribution in [0.1, 0.15) is 5.56 Å². The summed E-state index contributed by atoms with van der Waals surface area (Å²) in [5.74, 6) is 0.511. The molecule has 2 N–H and O–H groups in total. The Morgan fingerprint density at radius 2 is 1.35 bits per heavy atom. The highest BCUT2D eigenvalue weighted by atomic mass is 32.2. The molecule has 0 bridgehead atoms. The highest BCUT2D eigenvalue weighted by molar-refractivity contribution is 7.98. The summed E-state index contributed by atoms with van der Waals surface area (Å²) >= 11 is 1.50. The molecule has 5 rings (SSSR count). The van der Waals surface area contributed by atoms with Crippen LogP contribution in [0.3, 0.4) is 0 Å². The second-order valence-corrected chi connectivity index (χ2v) is 8.09. The summed E-state index contributed by atoms with van der Waals surface area (Å²) in [5.41, 5.74) is 13.0. The normalized spacial score (nSPS) is 11.1. The fourth-order valence-corrected chi connectivity index (χ4v) is 4.40. The zero-order valence-corrected chi connectivity index (χ0v) is 18.0. The van der Waals surface area contributed by atoms with Gasteiger partial charge in [0, 0.05) is 12.1 Å². The third-order valence-electron chi connectivity index (χ3n) is 5.39. The van der Waals surface area contributed by atoms with Gasteiger partial charge in [0.05, 0.1) is 11.1 Å². The lowest BCUT2D eigenvalue weighted by molar-refractivity contribution is 0.821. The second-order valence-electron chi connectivity index (χ2n) is 7.32. The van der Waals surface area contributed by atoms with Gasteiger partial charge in [0.25, 0.3) is 0 Å². The van der Waals surface area contributed by atoms with Crippen LogP contribution in [0.5, 0.6) is 0 Å². The van der Waals surface area contributed by atoms with Crippen LogP contribution in [-0.2, 0) is 6.54 Å². The van der Waals surface area contributed by atoms with Gasteiger partial charge < -0.3 is 10.3 Å². The molecule has 2 aromatic heterocycles. The monoisotopic (exact) mass is 422 g/mol. The molecule has 4 nitrogen and oxygen atoms in total. The SMILES string of the molecule is CSc1nc(N)c2c(-c3ccccc3)c(-c3ccccc3)n(Cc3ccccc3)c2n1. The number of aromatic nitrogens is 3. The van der Waals surface area contributed by atoms with Crippen LogP contribution in [0.2, 0.25) is 0 Å². The van der Waals surface area contributed by atoms with E-state index in [0.29, 0.717) is 17.5 Å². The Balaban J connectivity index is 1.91. The van der Waals surface area contributed by atoms with Crippen molar-refractivity contribution in [2.24, 2.45) is 0 Å². The molecule has 0 aliphatic rings. The Kier molecular flexibility index (Phi) is 5.18. The average Bonchev–Trinajstić information content (AvgIpc) is 3.15. The Morgan fingerprint density at radius 3 is 1.97 bits per heavy atom. The van der Waals surface area contributed by atoms with Gasteiger partial charge in [0.2, 0.25) is 0 Å². The van der Waals surface area contributed by atoms with Crippen molar-refractivity contribution < 1.29 is 0 Å². The van der Waals surface area contributed by atoms with Gasteiger partial charge in [-0.1, -0.05) is 103 Å². The number of nitrogen functional groups attached to an aromatic ring is 1. The van der Waals surface area contributed by atoms with E-state index >= 15 is 0 Å². The lowest BCUT2D eigenvalue weighted by atomic mass is 9.99. The molecule has 31 heavy (non-hydrogen) atoms. The minimum atomic E-state index is 0.511. The van der Waals surface area contributed by atoms with Crippen LogP contribution in [0.25, 0.3) is 33.4 Å². The summed E-state index contributed by atoms with van der Waals surface area (Å²) < 4.78 is 2.28. The second kappa shape index (κ2) is 8.28. The van der Waals surface area contributed by atoms with E-state index in [-0.39, 0.29) is 0 Å². The van der Waals surface area contributed by atoms with Crippen molar-refractivity contribution in [3.05, 3.63) is 96.6 Å². The molecule has 0 radical (unpaired) electrons. The molecule has 5 heteroatoms. The number of nitrogens with zero attached hydrogens (tertiary/aromatic N) is 3. The maximum absolute atomic E-state index is 6.55. The Labute approximate surface area is 185 Å². The summed E-state index contributed by atoms with van der Waals surface area (Å²) in [6, 6.07) is 31.3. The van der Waals surface area contributed by atoms with Crippen molar-refractivity contribution in [3.8, 4) is 22.4 Å². The number of rotatable bonds is 5. The van der Waals surface area contributed by atoms with Gasteiger partial charge in [-0.05, 0) is 22.9 Å². The lowest BCUT2D eigenvalue weighted by Gasteiger charge is -2.13. The smallest absolute Gasteiger partial charge is 0.191 e. The Hall–Kier alpha value is -3.57. The van der Waals surface area contributed by atoms with E-state index in [4.69, 9.17) is 10.7 Å². The lowest BCUT2D eigenvalue weighted by Crippen LogP contribution is -2.04. The highest BCUT2D eigenvalue weighted by Crippen LogP contribution is 2.43. The predicted molar refractivity (Wildman–Crippen MR) is 130 cm³/mol. The van der Waals surface area contributed by atoms with Gasteiger partial charge in [-0.25, -0.2) is 9.97 Å². The minimum Gasteiger partial charge on any atom is -0.383 e.